The summed E-state index contributed by atoms with van der Waals surface area (Å²) < 4.78 is 2.26. The molecule has 11 rings (SSSR count). The largest absolute Gasteiger partial charge is 0.292 e. The molecule has 0 aliphatic rings. The van der Waals surface area contributed by atoms with Gasteiger partial charge < -0.3 is 0 Å². The number of hydrogen-bond acceptors (Lipinski definition) is 1. The van der Waals surface area contributed by atoms with E-state index in [0.717, 1.165) is 28.1 Å². The maximum Gasteiger partial charge on any atom is 0.145 e. The average molecular weight is 673 g/mol. The van der Waals surface area contributed by atoms with Crippen molar-refractivity contribution in [2.75, 3.05) is 0 Å². The number of rotatable bonds is 4. The number of nitrogens with zero attached hydrogens (tertiary/aromatic N) is 2. The number of benzene rings is 10. The zero-order valence-corrected chi connectivity index (χ0v) is 28.9. The Morgan fingerprint density at radius 2 is 0.887 bits per heavy atom. The highest BCUT2D eigenvalue weighted by Gasteiger charge is 2.20. The minimum absolute atomic E-state index is 0.935. The minimum Gasteiger partial charge on any atom is -0.292 e. The number of para-hydroxylation sites is 3. The smallest absolute Gasteiger partial charge is 0.145 e. The molecule has 0 amide bonds. The van der Waals surface area contributed by atoms with E-state index >= 15 is 0 Å². The summed E-state index contributed by atoms with van der Waals surface area (Å²) in [6, 6.07) is 70.4. The zero-order valence-electron chi connectivity index (χ0n) is 28.9. The second kappa shape index (κ2) is 11.8. The van der Waals surface area contributed by atoms with Crippen LogP contribution in [0.4, 0.5) is 0 Å². The SMILES string of the molecule is c1ccc(-n2c(-c3ccc(-c4c5ccccc5c(-c5cc6ccc7ccccc7c6c6ccccc56)c5ccccc45)cc3)nc3ccccc32)cc1. The first-order valence-corrected chi connectivity index (χ1v) is 18.2. The Hall–Kier alpha value is -7.03. The van der Waals surface area contributed by atoms with Crippen molar-refractivity contribution in [3.8, 4) is 39.3 Å². The Morgan fingerprint density at radius 1 is 0.358 bits per heavy atom. The van der Waals surface area contributed by atoms with Crippen molar-refractivity contribution in [2.45, 2.75) is 0 Å². The lowest BCUT2D eigenvalue weighted by atomic mass is 9.83. The molecular weight excluding hydrogens is 641 g/mol. The van der Waals surface area contributed by atoms with Gasteiger partial charge in [0.1, 0.15) is 5.82 Å². The molecule has 2 nitrogen and oxygen atoms in total. The van der Waals surface area contributed by atoms with Gasteiger partial charge in [-0.25, -0.2) is 4.98 Å². The van der Waals surface area contributed by atoms with Crippen LogP contribution in [0.25, 0.3) is 104 Å². The molecule has 0 unspecified atom stereocenters. The van der Waals surface area contributed by atoms with E-state index in [1.54, 1.807) is 0 Å². The summed E-state index contributed by atoms with van der Waals surface area (Å²) in [5.41, 5.74) is 9.23. The lowest BCUT2D eigenvalue weighted by Crippen LogP contribution is -1.97. The number of imidazole rings is 1. The molecule has 1 aromatic heterocycles. The maximum atomic E-state index is 5.13. The second-order valence-electron chi connectivity index (χ2n) is 13.9. The van der Waals surface area contributed by atoms with Crippen LogP contribution in [0, 0.1) is 0 Å². The molecule has 53 heavy (non-hydrogen) atoms. The molecule has 0 aliphatic carbocycles. The summed E-state index contributed by atoms with van der Waals surface area (Å²) in [4.78, 5) is 5.13. The fourth-order valence-electron chi connectivity index (χ4n) is 8.66. The van der Waals surface area contributed by atoms with E-state index in [1.165, 1.54) is 76.1 Å². The van der Waals surface area contributed by atoms with E-state index in [-0.39, 0.29) is 0 Å². The van der Waals surface area contributed by atoms with Crippen LogP contribution in [-0.2, 0) is 0 Å². The first-order chi connectivity index (χ1) is 26.3. The topological polar surface area (TPSA) is 17.8 Å². The van der Waals surface area contributed by atoms with Crippen molar-refractivity contribution in [2.24, 2.45) is 0 Å². The van der Waals surface area contributed by atoms with Crippen LogP contribution in [0.1, 0.15) is 0 Å². The molecule has 2 heteroatoms. The first kappa shape index (κ1) is 29.7. The molecule has 10 aromatic carbocycles. The van der Waals surface area contributed by atoms with Gasteiger partial charge in [0.05, 0.1) is 11.0 Å². The van der Waals surface area contributed by atoms with Crippen molar-refractivity contribution in [3.63, 3.8) is 0 Å². The predicted molar refractivity (Wildman–Crippen MR) is 225 cm³/mol. The van der Waals surface area contributed by atoms with Crippen molar-refractivity contribution in [1.29, 1.82) is 0 Å². The van der Waals surface area contributed by atoms with Crippen LogP contribution < -0.4 is 0 Å². The normalized spacial score (nSPS) is 11.8. The van der Waals surface area contributed by atoms with Gasteiger partial charge in [-0.05, 0) is 106 Å². The number of fused-ring (bicyclic) bond motifs is 8. The molecule has 0 aliphatic heterocycles. The highest BCUT2D eigenvalue weighted by molar-refractivity contribution is 6.28. The standard InChI is InChI=1S/C51H32N2/c1-2-15-37(16-3-1)53-47-25-13-12-24-46(47)52-51(53)35-29-27-34(28-30-35)48-41-20-8-10-22-43(41)50(44-23-11-9-21-42(44)48)45-32-36-31-26-33-14-4-5-17-38(33)49(36)40-19-7-6-18-39(40)45/h1-32H. The van der Waals surface area contributed by atoms with E-state index < -0.39 is 0 Å². The van der Waals surface area contributed by atoms with E-state index in [4.69, 9.17) is 4.98 Å². The average Bonchev–Trinajstić information content (AvgIpc) is 3.62. The van der Waals surface area contributed by atoms with E-state index in [0.29, 0.717) is 0 Å². The van der Waals surface area contributed by atoms with E-state index in [2.05, 4.69) is 199 Å². The molecule has 0 spiro atoms. The van der Waals surface area contributed by atoms with Crippen LogP contribution in [0.5, 0.6) is 0 Å². The fraction of sp³-hybridized carbons (Fsp3) is 0. The minimum atomic E-state index is 0.935. The molecular formula is C51H32N2. The lowest BCUT2D eigenvalue weighted by molar-refractivity contribution is 1.10. The van der Waals surface area contributed by atoms with Gasteiger partial charge in [0.15, 0.2) is 0 Å². The van der Waals surface area contributed by atoms with Crippen LogP contribution in [0.3, 0.4) is 0 Å². The molecule has 0 bridgehead atoms. The molecule has 0 N–H and O–H groups in total. The van der Waals surface area contributed by atoms with Gasteiger partial charge in [-0.15, -0.1) is 0 Å². The van der Waals surface area contributed by atoms with Crippen LogP contribution in [0.2, 0.25) is 0 Å². The van der Waals surface area contributed by atoms with Gasteiger partial charge in [-0.2, -0.15) is 0 Å². The second-order valence-corrected chi connectivity index (χ2v) is 13.9. The van der Waals surface area contributed by atoms with Gasteiger partial charge >= 0.3 is 0 Å². The molecule has 0 atom stereocenters. The number of hydrogen-bond donors (Lipinski definition) is 0. The zero-order chi connectivity index (χ0) is 34.9. The summed E-state index contributed by atoms with van der Waals surface area (Å²) in [7, 11) is 0. The molecule has 0 radical (unpaired) electrons. The number of aromatic nitrogens is 2. The molecule has 0 fully saturated rings. The highest BCUT2D eigenvalue weighted by atomic mass is 15.1. The maximum absolute atomic E-state index is 5.13. The van der Waals surface area contributed by atoms with Crippen LogP contribution in [0.15, 0.2) is 194 Å². The Kier molecular flexibility index (Phi) is 6.59. The Balaban J connectivity index is 1.15. The molecule has 246 valence electrons. The van der Waals surface area contributed by atoms with Gasteiger partial charge in [-0.3, -0.25) is 4.57 Å². The van der Waals surface area contributed by atoms with Gasteiger partial charge in [0.25, 0.3) is 0 Å². The van der Waals surface area contributed by atoms with E-state index in [9.17, 15) is 0 Å². The Bertz CT molecular complexity index is 3150. The fourth-order valence-corrected chi connectivity index (χ4v) is 8.66. The Morgan fingerprint density at radius 3 is 1.60 bits per heavy atom. The molecule has 1 heterocycles. The van der Waals surface area contributed by atoms with Crippen molar-refractivity contribution in [1.82, 2.24) is 9.55 Å². The van der Waals surface area contributed by atoms with Crippen LogP contribution in [-0.4, -0.2) is 9.55 Å². The summed E-state index contributed by atoms with van der Waals surface area (Å²) in [5, 5.41) is 12.7. The van der Waals surface area contributed by atoms with E-state index in [1.807, 2.05) is 0 Å². The third-order valence-corrected chi connectivity index (χ3v) is 11.0. The van der Waals surface area contributed by atoms with Crippen LogP contribution >= 0.6 is 0 Å². The molecule has 0 saturated heterocycles. The van der Waals surface area contributed by atoms with Gasteiger partial charge in [0.2, 0.25) is 0 Å². The summed E-state index contributed by atoms with van der Waals surface area (Å²) >= 11 is 0. The van der Waals surface area contributed by atoms with Gasteiger partial charge in [0, 0.05) is 11.3 Å². The monoisotopic (exact) mass is 672 g/mol. The third kappa shape index (κ3) is 4.56. The van der Waals surface area contributed by atoms with Crippen molar-refractivity contribution < 1.29 is 0 Å². The highest BCUT2D eigenvalue weighted by Crippen LogP contribution is 2.47. The third-order valence-electron chi connectivity index (χ3n) is 11.0. The summed E-state index contributed by atoms with van der Waals surface area (Å²) in [6.45, 7) is 0. The summed E-state index contributed by atoms with van der Waals surface area (Å²) in [6.07, 6.45) is 0. The molecule has 11 aromatic rings. The van der Waals surface area contributed by atoms with Crippen molar-refractivity contribution in [3.05, 3.63) is 194 Å². The lowest BCUT2D eigenvalue weighted by Gasteiger charge is -2.20. The van der Waals surface area contributed by atoms with Crippen molar-refractivity contribution >= 4 is 64.9 Å². The molecule has 0 saturated carbocycles. The van der Waals surface area contributed by atoms with Gasteiger partial charge in [-0.1, -0.05) is 164 Å². The predicted octanol–water partition coefficient (Wildman–Crippen LogP) is 13.8. The Labute approximate surface area is 306 Å². The quantitative estimate of drug-likeness (QED) is 0.134. The first-order valence-electron chi connectivity index (χ1n) is 18.2. The summed E-state index contributed by atoms with van der Waals surface area (Å²) in [5.74, 6) is 0.935.